The van der Waals surface area contributed by atoms with Crippen molar-refractivity contribution >= 4 is 23.5 Å². The summed E-state index contributed by atoms with van der Waals surface area (Å²) in [4.78, 5) is 30.1. The number of amides is 1. The zero-order valence-electron chi connectivity index (χ0n) is 12.4. The molecule has 1 amide bonds. The largest absolute Gasteiger partial charge is 0.458 e. The number of hydrogen-bond acceptors (Lipinski definition) is 4. The van der Waals surface area contributed by atoms with Crippen LogP contribution in [-0.2, 0) is 9.53 Å². The summed E-state index contributed by atoms with van der Waals surface area (Å²) in [7, 11) is 0. The number of aromatic nitrogens is 1. The highest BCUT2D eigenvalue weighted by Crippen LogP contribution is 2.23. The van der Waals surface area contributed by atoms with Gasteiger partial charge >= 0.3 is 5.97 Å². The molecule has 1 saturated heterocycles. The summed E-state index contributed by atoms with van der Waals surface area (Å²) < 4.78 is 5.39. The maximum atomic E-state index is 12.5. The first-order valence-electron chi connectivity index (χ1n) is 6.93. The summed E-state index contributed by atoms with van der Waals surface area (Å²) in [6.07, 6.45) is 2.84. The molecule has 0 bridgehead atoms. The molecule has 1 fully saturated rings. The van der Waals surface area contributed by atoms with Crippen LogP contribution in [0.15, 0.2) is 18.3 Å². The highest BCUT2D eigenvalue weighted by atomic mass is 35.5. The molecule has 21 heavy (non-hydrogen) atoms. The third-order valence-electron chi connectivity index (χ3n) is 3.17. The first kappa shape index (κ1) is 15.8. The fraction of sp³-hybridized carbons (Fsp3) is 0.533. The third-order valence-corrected chi connectivity index (χ3v) is 3.39. The third kappa shape index (κ3) is 3.94. The van der Waals surface area contributed by atoms with Crippen molar-refractivity contribution in [1.29, 1.82) is 0 Å². The molecule has 0 aromatic carbocycles. The van der Waals surface area contributed by atoms with E-state index in [1.54, 1.807) is 17.0 Å². The topological polar surface area (TPSA) is 59.5 Å². The van der Waals surface area contributed by atoms with Gasteiger partial charge in [-0.25, -0.2) is 9.78 Å². The predicted octanol–water partition coefficient (Wildman–Crippen LogP) is 2.68. The Kier molecular flexibility index (Phi) is 4.52. The Morgan fingerprint density at radius 1 is 1.38 bits per heavy atom. The van der Waals surface area contributed by atoms with Gasteiger partial charge in [0.25, 0.3) is 5.91 Å². The lowest BCUT2D eigenvalue weighted by Gasteiger charge is -2.27. The molecule has 5 nitrogen and oxygen atoms in total. The minimum atomic E-state index is -0.559. The Morgan fingerprint density at radius 2 is 2.10 bits per heavy atom. The van der Waals surface area contributed by atoms with Gasteiger partial charge < -0.3 is 9.64 Å². The van der Waals surface area contributed by atoms with E-state index in [0.717, 1.165) is 6.42 Å². The van der Waals surface area contributed by atoms with Crippen molar-refractivity contribution in [3.8, 4) is 0 Å². The molecule has 1 aromatic heterocycles. The van der Waals surface area contributed by atoms with Crippen molar-refractivity contribution in [3.63, 3.8) is 0 Å². The van der Waals surface area contributed by atoms with Gasteiger partial charge in [-0.3, -0.25) is 4.79 Å². The van der Waals surface area contributed by atoms with E-state index in [1.807, 2.05) is 20.8 Å². The monoisotopic (exact) mass is 310 g/mol. The van der Waals surface area contributed by atoms with Gasteiger partial charge in [-0.05, 0) is 45.7 Å². The molecule has 114 valence electrons. The van der Waals surface area contributed by atoms with Crippen LogP contribution in [0, 0.1) is 0 Å². The Balaban J connectivity index is 2.13. The quantitative estimate of drug-likeness (QED) is 0.622. The number of carbonyl (C=O) groups is 2. The highest BCUT2D eigenvalue weighted by molar-refractivity contribution is 6.29. The minimum absolute atomic E-state index is 0.215. The molecule has 0 unspecified atom stereocenters. The molecule has 6 heteroatoms. The first-order valence-corrected chi connectivity index (χ1v) is 7.31. The fourth-order valence-corrected chi connectivity index (χ4v) is 2.40. The number of carbonyl (C=O) groups excluding carboxylic acids is 2. The van der Waals surface area contributed by atoms with Gasteiger partial charge in [0.05, 0.1) is 5.56 Å². The molecule has 0 saturated carbocycles. The van der Waals surface area contributed by atoms with Crippen LogP contribution in [0.5, 0.6) is 0 Å². The Labute approximate surface area is 129 Å². The second kappa shape index (κ2) is 6.02. The maximum Gasteiger partial charge on any atom is 0.329 e. The summed E-state index contributed by atoms with van der Waals surface area (Å²) >= 11 is 5.72. The molecule has 1 aromatic rings. The van der Waals surface area contributed by atoms with E-state index in [4.69, 9.17) is 16.3 Å². The minimum Gasteiger partial charge on any atom is -0.458 e. The van der Waals surface area contributed by atoms with Crippen LogP contribution in [0.25, 0.3) is 0 Å². The molecule has 0 radical (unpaired) electrons. The lowest BCUT2D eigenvalue weighted by atomic mass is 10.1. The van der Waals surface area contributed by atoms with E-state index in [2.05, 4.69) is 4.98 Å². The second-order valence-electron chi connectivity index (χ2n) is 6.06. The van der Waals surface area contributed by atoms with E-state index in [0.29, 0.717) is 23.7 Å². The number of halogens is 1. The van der Waals surface area contributed by atoms with Gasteiger partial charge in [0.15, 0.2) is 0 Å². The molecule has 0 spiro atoms. The van der Waals surface area contributed by atoms with Crippen LogP contribution in [0.2, 0.25) is 5.15 Å². The van der Waals surface area contributed by atoms with Gasteiger partial charge in [-0.15, -0.1) is 0 Å². The normalized spacial score (nSPS) is 18.7. The van der Waals surface area contributed by atoms with E-state index in [1.165, 1.54) is 6.20 Å². The van der Waals surface area contributed by atoms with Gasteiger partial charge in [0.2, 0.25) is 0 Å². The molecular formula is C15H19ClN2O3. The van der Waals surface area contributed by atoms with Crippen LogP contribution < -0.4 is 0 Å². The summed E-state index contributed by atoms with van der Waals surface area (Å²) in [5, 5.41) is 0.330. The lowest BCUT2D eigenvalue weighted by molar-refractivity contribution is -0.159. The zero-order valence-corrected chi connectivity index (χ0v) is 13.2. The smallest absolute Gasteiger partial charge is 0.329 e. The molecule has 0 N–H and O–H groups in total. The van der Waals surface area contributed by atoms with E-state index < -0.39 is 11.6 Å². The second-order valence-corrected chi connectivity index (χ2v) is 6.45. The number of pyridine rings is 1. The van der Waals surface area contributed by atoms with Crippen molar-refractivity contribution in [2.45, 2.75) is 45.3 Å². The van der Waals surface area contributed by atoms with E-state index >= 15 is 0 Å². The average molecular weight is 311 g/mol. The Morgan fingerprint density at radius 3 is 2.67 bits per heavy atom. The van der Waals surface area contributed by atoms with Gasteiger partial charge in [-0.2, -0.15) is 0 Å². The van der Waals surface area contributed by atoms with Crippen LogP contribution in [0.1, 0.15) is 44.0 Å². The summed E-state index contributed by atoms with van der Waals surface area (Å²) in [5.41, 5.74) is -0.134. The molecule has 2 heterocycles. The zero-order chi connectivity index (χ0) is 15.6. The van der Waals surface area contributed by atoms with Crippen molar-refractivity contribution in [3.05, 3.63) is 29.0 Å². The van der Waals surface area contributed by atoms with Crippen LogP contribution in [0.4, 0.5) is 0 Å². The van der Waals surface area contributed by atoms with E-state index in [-0.39, 0.29) is 11.9 Å². The lowest BCUT2D eigenvalue weighted by Crippen LogP contribution is -2.43. The number of likely N-dealkylation sites (tertiary alicyclic amines) is 1. The molecular weight excluding hydrogens is 292 g/mol. The molecule has 1 atom stereocenters. The van der Waals surface area contributed by atoms with Crippen molar-refractivity contribution < 1.29 is 14.3 Å². The van der Waals surface area contributed by atoms with Crippen molar-refractivity contribution in [2.24, 2.45) is 0 Å². The number of esters is 1. The van der Waals surface area contributed by atoms with Crippen LogP contribution >= 0.6 is 11.6 Å². The summed E-state index contributed by atoms with van der Waals surface area (Å²) in [6, 6.07) is 2.66. The summed E-state index contributed by atoms with van der Waals surface area (Å²) in [5.74, 6) is -0.567. The highest BCUT2D eigenvalue weighted by Gasteiger charge is 2.37. The average Bonchev–Trinajstić information content (AvgIpc) is 2.86. The van der Waals surface area contributed by atoms with Gasteiger partial charge in [0, 0.05) is 12.7 Å². The molecule has 2 rings (SSSR count). The van der Waals surface area contributed by atoms with Gasteiger partial charge in [0.1, 0.15) is 16.8 Å². The van der Waals surface area contributed by atoms with Crippen LogP contribution in [-0.4, -0.2) is 39.9 Å². The maximum absolute atomic E-state index is 12.5. The number of rotatable bonds is 2. The molecule has 1 aliphatic heterocycles. The Bertz CT molecular complexity index is 537. The van der Waals surface area contributed by atoms with Gasteiger partial charge in [-0.1, -0.05) is 11.6 Å². The van der Waals surface area contributed by atoms with E-state index in [9.17, 15) is 9.59 Å². The van der Waals surface area contributed by atoms with Crippen molar-refractivity contribution in [1.82, 2.24) is 9.88 Å². The molecule has 0 aliphatic carbocycles. The number of nitrogens with zero attached hydrogens (tertiary/aromatic N) is 2. The number of hydrogen-bond donors (Lipinski definition) is 0. The fourth-order valence-electron chi connectivity index (χ4n) is 2.29. The van der Waals surface area contributed by atoms with Crippen LogP contribution in [0.3, 0.4) is 0 Å². The number of ether oxygens (including phenoxy) is 1. The predicted molar refractivity (Wildman–Crippen MR) is 79.2 cm³/mol. The first-order chi connectivity index (χ1) is 9.78. The SMILES string of the molecule is CC(C)(C)OC(=O)[C@H]1CCCN1C(=O)c1ccc(Cl)nc1. The Hall–Kier alpha value is -1.62. The summed E-state index contributed by atoms with van der Waals surface area (Å²) in [6.45, 7) is 5.99. The standard InChI is InChI=1S/C15H19ClN2O3/c1-15(2,3)21-14(20)11-5-4-8-18(11)13(19)10-6-7-12(16)17-9-10/h6-7,9,11H,4-5,8H2,1-3H3/t11-/m1/s1. The van der Waals surface area contributed by atoms with Crippen molar-refractivity contribution in [2.75, 3.05) is 6.54 Å². The molecule has 1 aliphatic rings.